The van der Waals surface area contributed by atoms with E-state index in [4.69, 9.17) is 19.4 Å². The maximum atomic E-state index is 6.41. The van der Waals surface area contributed by atoms with Gasteiger partial charge in [-0.15, -0.1) is 11.3 Å². The molecule has 6 heteroatoms. The predicted octanol–water partition coefficient (Wildman–Crippen LogP) is 16.2. The Morgan fingerprint density at radius 3 is 1.85 bits per heavy atom. The molecule has 0 atom stereocenters. The van der Waals surface area contributed by atoms with Crippen LogP contribution in [0.4, 0.5) is 0 Å². The number of furan rings is 1. The van der Waals surface area contributed by atoms with Gasteiger partial charge in [-0.1, -0.05) is 158 Å². The minimum atomic E-state index is 0.580. The number of hydrogen-bond acceptors (Lipinski definition) is 5. The molecule has 10 aromatic carbocycles. The van der Waals surface area contributed by atoms with Crippen LogP contribution in [0.2, 0.25) is 0 Å². The van der Waals surface area contributed by atoms with Crippen molar-refractivity contribution in [2.45, 2.75) is 0 Å². The number of benzene rings is 10. The first-order valence-corrected chi connectivity index (χ1v) is 22.7. The van der Waals surface area contributed by atoms with Gasteiger partial charge in [-0.3, -0.25) is 0 Å². The number of nitrogens with zero attached hydrogens (tertiary/aromatic N) is 4. The molecule has 0 radical (unpaired) electrons. The second-order valence-electron chi connectivity index (χ2n) is 16.7. The highest BCUT2D eigenvalue weighted by molar-refractivity contribution is 7.25. The summed E-state index contributed by atoms with van der Waals surface area (Å²) >= 11 is 1.80. The smallest absolute Gasteiger partial charge is 0.166 e. The van der Waals surface area contributed by atoms with E-state index in [1.165, 1.54) is 52.5 Å². The minimum Gasteiger partial charge on any atom is -0.456 e. The summed E-state index contributed by atoms with van der Waals surface area (Å²) in [5, 5.41) is 11.7. The van der Waals surface area contributed by atoms with E-state index in [1.54, 1.807) is 11.3 Å². The normalized spacial score (nSPS) is 12.0. The molecule has 0 unspecified atom stereocenters. The van der Waals surface area contributed by atoms with Crippen LogP contribution in [0.3, 0.4) is 0 Å². The van der Waals surface area contributed by atoms with Gasteiger partial charge in [0.2, 0.25) is 0 Å². The quantitative estimate of drug-likeness (QED) is 0.173. The molecule has 4 aromatic heterocycles. The maximum absolute atomic E-state index is 6.41. The van der Waals surface area contributed by atoms with Crippen molar-refractivity contribution in [3.8, 4) is 51.0 Å². The Labute approximate surface area is 376 Å². The summed E-state index contributed by atoms with van der Waals surface area (Å²) in [4.78, 5) is 16.3. The Morgan fingerprint density at radius 2 is 1.00 bits per heavy atom. The van der Waals surface area contributed by atoms with Crippen LogP contribution in [-0.2, 0) is 0 Å². The van der Waals surface area contributed by atoms with Crippen molar-refractivity contribution in [2.24, 2.45) is 0 Å². The molecule has 0 aliphatic carbocycles. The summed E-state index contributed by atoms with van der Waals surface area (Å²) in [7, 11) is 0. The number of para-hydroxylation sites is 1. The van der Waals surface area contributed by atoms with E-state index in [1.807, 2.05) is 30.3 Å². The molecular weight excluding hydrogens is 813 g/mol. The molecule has 0 saturated carbocycles. The van der Waals surface area contributed by atoms with Gasteiger partial charge in [0.15, 0.2) is 17.5 Å². The van der Waals surface area contributed by atoms with Gasteiger partial charge in [0.25, 0.3) is 0 Å². The summed E-state index contributed by atoms with van der Waals surface area (Å²) < 4.78 is 11.3. The lowest BCUT2D eigenvalue weighted by Crippen LogP contribution is -2.04. The second-order valence-corrected chi connectivity index (χ2v) is 17.8. The summed E-state index contributed by atoms with van der Waals surface area (Å²) in [5.74, 6) is 1.76. The van der Waals surface area contributed by atoms with E-state index < -0.39 is 0 Å². The van der Waals surface area contributed by atoms with Crippen LogP contribution in [0.1, 0.15) is 0 Å². The molecular formula is C59H34N4OS. The van der Waals surface area contributed by atoms with Gasteiger partial charge in [-0.2, -0.15) is 0 Å². The van der Waals surface area contributed by atoms with Gasteiger partial charge in [0.05, 0.1) is 16.7 Å². The molecule has 14 aromatic rings. The van der Waals surface area contributed by atoms with Gasteiger partial charge < -0.3 is 8.98 Å². The van der Waals surface area contributed by atoms with Crippen LogP contribution in [0.25, 0.3) is 136 Å². The third-order valence-corrected chi connectivity index (χ3v) is 14.2. The lowest BCUT2D eigenvalue weighted by Gasteiger charge is -2.16. The summed E-state index contributed by atoms with van der Waals surface area (Å²) in [5.41, 5.74) is 9.84. The Balaban J connectivity index is 1.10. The molecule has 0 aliphatic heterocycles. The zero-order chi connectivity index (χ0) is 42.6. The van der Waals surface area contributed by atoms with Crippen molar-refractivity contribution in [1.29, 1.82) is 0 Å². The zero-order valence-corrected chi connectivity index (χ0v) is 35.6. The topological polar surface area (TPSA) is 56.7 Å². The van der Waals surface area contributed by atoms with Crippen LogP contribution in [0, 0.1) is 0 Å². The van der Waals surface area contributed by atoms with Crippen molar-refractivity contribution in [3.63, 3.8) is 0 Å². The predicted molar refractivity (Wildman–Crippen MR) is 271 cm³/mol. The molecule has 65 heavy (non-hydrogen) atoms. The monoisotopic (exact) mass is 846 g/mol. The first-order chi connectivity index (χ1) is 32.2. The van der Waals surface area contributed by atoms with E-state index in [9.17, 15) is 0 Å². The highest BCUT2D eigenvalue weighted by Crippen LogP contribution is 2.45. The van der Waals surface area contributed by atoms with Gasteiger partial charge >= 0.3 is 0 Å². The van der Waals surface area contributed by atoms with Crippen molar-refractivity contribution >= 4 is 96.8 Å². The van der Waals surface area contributed by atoms with E-state index >= 15 is 0 Å². The number of hydrogen-bond donors (Lipinski definition) is 0. The van der Waals surface area contributed by atoms with E-state index in [0.29, 0.717) is 17.5 Å². The van der Waals surface area contributed by atoms with Crippen LogP contribution in [0.15, 0.2) is 211 Å². The molecule has 0 saturated heterocycles. The average Bonchev–Trinajstić information content (AvgIpc) is 4.04. The largest absolute Gasteiger partial charge is 0.456 e. The lowest BCUT2D eigenvalue weighted by molar-refractivity contribution is 0.669. The van der Waals surface area contributed by atoms with Crippen LogP contribution in [-0.4, -0.2) is 19.5 Å². The number of rotatable bonds is 5. The Hall–Kier alpha value is -8.45. The van der Waals surface area contributed by atoms with Crippen LogP contribution >= 0.6 is 11.3 Å². The van der Waals surface area contributed by atoms with Gasteiger partial charge in [-0.05, 0) is 81.2 Å². The van der Waals surface area contributed by atoms with Gasteiger partial charge in [0.1, 0.15) is 11.2 Å². The lowest BCUT2D eigenvalue weighted by atomic mass is 10.0. The Morgan fingerprint density at radius 1 is 0.354 bits per heavy atom. The summed E-state index contributed by atoms with van der Waals surface area (Å²) in [6.07, 6.45) is 0. The molecule has 0 N–H and O–H groups in total. The van der Waals surface area contributed by atoms with E-state index in [2.05, 4.69) is 180 Å². The minimum absolute atomic E-state index is 0.580. The average molecular weight is 847 g/mol. The summed E-state index contributed by atoms with van der Waals surface area (Å²) in [6, 6.07) is 73.4. The molecule has 0 amide bonds. The summed E-state index contributed by atoms with van der Waals surface area (Å²) in [6.45, 7) is 0. The zero-order valence-electron chi connectivity index (χ0n) is 34.7. The second kappa shape index (κ2) is 14.0. The fourth-order valence-electron chi connectivity index (χ4n) is 10.0. The first-order valence-electron chi connectivity index (χ1n) is 21.8. The van der Waals surface area contributed by atoms with E-state index in [-0.39, 0.29) is 0 Å². The van der Waals surface area contributed by atoms with Crippen LogP contribution in [0.5, 0.6) is 0 Å². The van der Waals surface area contributed by atoms with Gasteiger partial charge in [-0.25, -0.2) is 15.0 Å². The van der Waals surface area contributed by atoms with Crippen molar-refractivity contribution < 1.29 is 4.42 Å². The molecule has 5 nitrogen and oxygen atoms in total. The fourth-order valence-corrected chi connectivity index (χ4v) is 11.1. The molecule has 0 fully saturated rings. The highest BCUT2D eigenvalue weighted by atomic mass is 32.1. The molecule has 4 heterocycles. The number of aromatic nitrogens is 4. The number of fused-ring (bicyclic) bond motifs is 12. The third kappa shape index (κ3) is 5.61. The van der Waals surface area contributed by atoms with Crippen molar-refractivity contribution in [2.75, 3.05) is 0 Å². The highest BCUT2D eigenvalue weighted by Gasteiger charge is 2.24. The first kappa shape index (κ1) is 36.1. The SMILES string of the molecule is c1ccc(-c2ccc(-c3nc(-c4cc5sc6ccccc6c5cc4-n4c5cc6ccccc6cc5c5c6ccccc6ccc54)nc(-c4cccc5oc6ccccc6c45)n3)cc2)cc1. The Kier molecular flexibility index (Phi) is 7.79. The van der Waals surface area contributed by atoms with Crippen molar-refractivity contribution in [3.05, 3.63) is 206 Å². The maximum Gasteiger partial charge on any atom is 0.166 e. The third-order valence-electron chi connectivity index (χ3n) is 13.0. The molecule has 14 rings (SSSR count). The fraction of sp³-hybridized carbons (Fsp3) is 0. The van der Waals surface area contributed by atoms with Gasteiger partial charge in [0, 0.05) is 58.4 Å². The molecule has 0 spiro atoms. The molecule has 0 bridgehead atoms. The standard InChI is InChI=1S/C59H34N4OS/c1-2-13-35(14-3-1)36-25-27-38(28-26-36)57-60-58(44-21-12-23-52-56(44)43-20-8-10-22-51(43)64-52)62-59(61-57)47-34-54-45(42-19-9-11-24-53(42)65-54)33-50(47)63-48-30-29-37-15-6-7-18-41(37)55(48)46-31-39-16-4-5-17-40(39)32-49(46)63/h1-34H. The Bertz CT molecular complexity index is 4240. The van der Waals surface area contributed by atoms with Crippen molar-refractivity contribution in [1.82, 2.24) is 19.5 Å². The van der Waals surface area contributed by atoms with Crippen LogP contribution < -0.4 is 0 Å². The number of thiophene rings is 1. The molecule has 302 valence electrons. The van der Waals surface area contributed by atoms with E-state index in [0.717, 1.165) is 66.5 Å². The molecule has 0 aliphatic rings.